The van der Waals surface area contributed by atoms with Crippen LogP contribution in [0.5, 0.6) is 0 Å². The summed E-state index contributed by atoms with van der Waals surface area (Å²) in [6.07, 6.45) is 10.7. The van der Waals surface area contributed by atoms with Gasteiger partial charge in [-0.05, 0) is 75.5 Å². The fourth-order valence-corrected chi connectivity index (χ4v) is 7.42. The van der Waals surface area contributed by atoms with Gasteiger partial charge in [0.2, 0.25) is 0 Å². The number of carbonyl (C=O) groups is 2. The van der Waals surface area contributed by atoms with E-state index in [1.807, 2.05) is 18.0 Å². The predicted molar refractivity (Wildman–Crippen MR) is 111 cm³/mol. The Labute approximate surface area is 174 Å². The number of carbonyl (C=O) groups excluding carboxylic acids is 2. The van der Waals surface area contributed by atoms with Gasteiger partial charge in [0.15, 0.2) is 0 Å². The molecule has 6 atom stereocenters. The van der Waals surface area contributed by atoms with E-state index in [0.29, 0.717) is 17.3 Å². The zero-order valence-corrected chi connectivity index (χ0v) is 18.5. The predicted octanol–water partition coefficient (Wildman–Crippen LogP) is 3.80. The van der Waals surface area contributed by atoms with Crippen molar-refractivity contribution >= 4 is 11.8 Å². The highest BCUT2D eigenvalue weighted by Crippen LogP contribution is 2.64. The second kappa shape index (κ2) is 6.59. The van der Waals surface area contributed by atoms with Crippen molar-refractivity contribution in [3.05, 3.63) is 11.6 Å². The van der Waals surface area contributed by atoms with Crippen molar-refractivity contribution in [3.63, 3.8) is 0 Å². The molecule has 3 aliphatic carbocycles. The second-order valence-electron chi connectivity index (χ2n) is 11.1. The molecule has 4 rings (SSSR count). The summed E-state index contributed by atoms with van der Waals surface area (Å²) in [5.41, 5.74) is -0.476. The maximum atomic E-state index is 13.0. The maximum absolute atomic E-state index is 13.0. The third-order valence-corrected chi connectivity index (χ3v) is 8.93. The summed E-state index contributed by atoms with van der Waals surface area (Å²) < 4.78 is 0. The van der Waals surface area contributed by atoms with Crippen molar-refractivity contribution in [1.82, 2.24) is 10.2 Å². The van der Waals surface area contributed by atoms with Crippen molar-refractivity contribution in [2.24, 2.45) is 28.6 Å². The van der Waals surface area contributed by atoms with Crippen LogP contribution in [0.15, 0.2) is 11.6 Å². The number of hydrogen-bond donors (Lipinski definition) is 1. The molecule has 1 unspecified atom stereocenters. The molecule has 2 amide bonds. The van der Waals surface area contributed by atoms with E-state index < -0.39 is 11.4 Å². The number of nitrogens with zero attached hydrogens (tertiary/aromatic N) is 2. The van der Waals surface area contributed by atoms with Gasteiger partial charge >= 0.3 is 0 Å². The Kier molecular flexibility index (Phi) is 4.64. The Morgan fingerprint density at radius 2 is 1.93 bits per heavy atom. The molecule has 0 aromatic carbocycles. The molecule has 1 aliphatic heterocycles. The van der Waals surface area contributed by atoms with Gasteiger partial charge in [-0.2, -0.15) is 5.26 Å². The number of likely N-dealkylation sites (N-methyl/N-ethyl adjacent to an activating group) is 1. The standard InChI is InChI=1S/C24H35N3O2/c1-22(2,14-25)26-20(28)16-13-24(4)18-10-12-23(3)11-6-7-17(23)15(18)8-9-19(24)27(5)21(16)29/h13,15,17-19H,6-12H2,1-5H3,(H,26,28)/t15-,17-,18+,19?,23-,24+/m0/s1. The molecule has 1 N–H and O–H groups in total. The molecule has 3 fully saturated rings. The van der Waals surface area contributed by atoms with Gasteiger partial charge in [-0.25, -0.2) is 0 Å². The van der Waals surface area contributed by atoms with Crippen LogP contribution in [0.3, 0.4) is 0 Å². The van der Waals surface area contributed by atoms with Crippen LogP contribution in [-0.4, -0.2) is 35.3 Å². The van der Waals surface area contributed by atoms with Crippen LogP contribution >= 0.6 is 0 Å². The topological polar surface area (TPSA) is 73.2 Å². The lowest BCUT2D eigenvalue weighted by molar-refractivity contribution is -0.141. The van der Waals surface area contributed by atoms with Crippen molar-refractivity contribution in [2.75, 3.05) is 7.05 Å². The minimum atomic E-state index is -1.000. The fraction of sp³-hybridized carbons (Fsp3) is 0.792. The smallest absolute Gasteiger partial charge is 0.259 e. The average molecular weight is 398 g/mol. The first-order chi connectivity index (χ1) is 13.5. The van der Waals surface area contributed by atoms with E-state index in [1.54, 1.807) is 13.8 Å². The largest absolute Gasteiger partial charge is 0.338 e. The van der Waals surface area contributed by atoms with Gasteiger partial charge in [0.1, 0.15) is 11.1 Å². The molecule has 3 saturated carbocycles. The highest BCUT2D eigenvalue weighted by Gasteiger charge is 2.59. The summed E-state index contributed by atoms with van der Waals surface area (Å²) in [4.78, 5) is 27.8. The summed E-state index contributed by atoms with van der Waals surface area (Å²) in [5.74, 6) is 1.36. The van der Waals surface area contributed by atoms with Crippen LogP contribution in [0.4, 0.5) is 0 Å². The van der Waals surface area contributed by atoms with Crippen molar-refractivity contribution in [3.8, 4) is 6.07 Å². The van der Waals surface area contributed by atoms with E-state index in [-0.39, 0.29) is 22.9 Å². The molecular formula is C24H35N3O2. The van der Waals surface area contributed by atoms with Gasteiger partial charge in [-0.1, -0.05) is 26.3 Å². The second-order valence-corrected chi connectivity index (χ2v) is 11.1. The molecule has 0 spiro atoms. The third-order valence-electron chi connectivity index (χ3n) is 8.93. The highest BCUT2D eigenvalue weighted by atomic mass is 16.2. The van der Waals surface area contributed by atoms with Crippen LogP contribution in [-0.2, 0) is 9.59 Å². The normalized spacial score (nSPS) is 41.6. The van der Waals surface area contributed by atoms with Crippen LogP contribution in [0.25, 0.3) is 0 Å². The lowest BCUT2D eigenvalue weighted by Gasteiger charge is -2.60. The molecule has 0 bridgehead atoms. The first-order valence-corrected chi connectivity index (χ1v) is 11.3. The van der Waals surface area contributed by atoms with E-state index in [2.05, 4.69) is 25.2 Å². The quantitative estimate of drug-likeness (QED) is 0.720. The minimum absolute atomic E-state index is 0.155. The zero-order valence-electron chi connectivity index (χ0n) is 18.5. The van der Waals surface area contributed by atoms with Gasteiger partial charge < -0.3 is 10.2 Å². The molecule has 5 nitrogen and oxygen atoms in total. The van der Waals surface area contributed by atoms with Crippen LogP contribution < -0.4 is 5.32 Å². The number of rotatable bonds is 2. The molecular weight excluding hydrogens is 362 g/mol. The van der Waals surface area contributed by atoms with Gasteiger partial charge in [0, 0.05) is 18.5 Å². The first-order valence-electron chi connectivity index (χ1n) is 11.3. The molecule has 0 aromatic rings. The molecule has 158 valence electrons. The van der Waals surface area contributed by atoms with Crippen LogP contribution in [0.1, 0.15) is 72.6 Å². The van der Waals surface area contributed by atoms with E-state index in [4.69, 9.17) is 0 Å². The molecule has 29 heavy (non-hydrogen) atoms. The number of amides is 2. The summed E-state index contributed by atoms with van der Waals surface area (Å²) >= 11 is 0. The molecule has 0 radical (unpaired) electrons. The fourth-order valence-electron chi connectivity index (χ4n) is 7.42. The SMILES string of the molecule is CN1C(=O)C(C(=O)NC(C)(C)C#N)=C[C@@]2(C)C1CC[C@@H]1[C@H]2CC[C@]2(C)CCC[C@@H]12. The van der Waals surface area contributed by atoms with Crippen molar-refractivity contribution in [1.29, 1.82) is 5.26 Å². The molecule has 4 aliphatic rings. The average Bonchev–Trinajstić information content (AvgIpc) is 3.06. The lowest BCUT2D eigenvalue weighted by Crippen LogP contribution is -2.61. The van der Waals surface area contributed by atoms with Gasteiger partial charge in [-0.3, -0.25) is 9.59 Å². The number of nitriles is 1. The maximum Gasteiger partial charge on any atom is 0.259 e. The van der Waals surface area contributed by atoms with E-state index in [0.717, 1.165) is 12.3 Å². The number of nitrogens with one attached hydrogen (secondary N) is 1. The van der Waals surface area contributed by atoms with Gasteiger partial charge in [0.25, 0.3) is 11.8 Å². The van der Waals surface area contributed by atoms with E-state index >= 15 is 0 Å². The molecule has 0 aromatic heterocycles. The molecule has 1 heterocycles. The van der Waals surface area contributed by atoms with Crippen molar-refractivity contribution in [2.45, 2.75) is 84.2 Å². The summed E-state index contributed by atoms with van der Waals surface area (Å²) in [6.45, 7) is 8.08. The molecule has 5 heteroatoms. The lowest BCUT2D eigenvalue weighted by atomic mass is 9.48. The summed E-state index contributed by atoms with van der Waals surface area (Å²) in [6, 6.07) is 2.25. The Balaban J connectivity index is 1.70. The van der Waals surface area contributed by atoms with E-state index in [9.17, 15) is 14.9 Å². The Hall–Kier alpha value is -1.83. The summed E-state index contributed by atoms with van der Waals surface area (Å²) in [7, 11) is 1.85. The Morgan fingerprint density at radius 3 is 2.62 bits per heavy atom. The van der Waals surface area contributed by atoms with E-state index in [1.165, 1.54) is 38.5 Å². The third kappa shape index (κ3) is 3.02. The van der Waals surface area contributed by atoms with Crippen LogP contribution in [0, 0.1) is 39.9 Å². The molecule has 0 saturated heterocycles. The van der Waals surface area contributed by atoms with Crippen molar-refractivity contribution < 1.29 is 9.59 Å². The first kappa shape index (κ1) is 20.4. The minimum Gasteiger partial charge on any atom is -0.338 e. The highest BCUT2D eigenvalue weighted by molar-refractivity contribution is 6.19. The van der Waals surface area contributed by atoms with Gasteiger partial charge in [0.05, 0.1) is 6.07 Å². The number of hydrogen-bond acceptors (Lipinski definition) is 3. The Bertz CT molecular complexity index is 809. The monoisotopic (exact) mass is 397 g/mol. The summed E-state index contributed by atoms with van der Waals surface area (Å²) in [5, 5.41) is 12.0. The number of fused-ring (bicyclic) bond motifs is 5. The van der Waals surface area contributed by atoms with Crippen LogP contribution in [0.2, 0.25) is 0 Å². The van der Waals surface area contributed by atoms with Gasteiger partial charge in [-0.15, -0.1) is 0 Å². The Morgan fingerprint density at radius 1 is 1.21 bits per heavy atom. The zero-order chi connectivity index (χ0) is 21.2.